The summed E-state index contributed by atoms with van der Waals surface area (Å²) in [5.41, 5.74) is 1.69. The van der Waals surface area contributed by atoms with Crippen molar-refractivity contribution in [3.05, 3.63) is 40.7 Å². The van der Waals surface area contributed by atoms with Gasteiger partial charge in [-0.15, -0.1) is 6.54 Å². The fourth-order valence-corrected chi connectivity index (χ4v) is 3.89. The van der Waals surface area contributed by atoms with E-state index in [9.17, 15) is 24.0 Å². The number of Topliss-reactive ketones (excluding diaryl/α,β-unsaturated/α-hetero) is 2. The average molecular weight is 587 g/mol. The summed E-state index contributed by atoms with van der Waals surface area (Å²) >= 11 is 0. The van der Waals surface area contributed by atoms with E-state index in [2.05, 4.69) is 10.6 Å². The van der Waals surface area contributed by atoms with E-state index in [0.29, 0.717) is 32.2 Å². The molecule has 1 aromatic rings. The maximum Gasteiger partial charge on any atom is 1.00 e. The Morgan fingerprint density at radius 1 is 1.00 bits per heavy atom. The zero-order valence-electron chi connectivity index (χ0n) is 21.9. The summed E-state index contributed by atoms with van der Waals surface area (Å²) in [5, 5.41) is 6.63. The zero-order valence-corrected chi connectivity index (χ0v) is 26.8. The number of ketones is 2. The van der Waals surface area contributed by atoms with Crippen LogP contribution in [0, 0.1) is 5.92 Å². The molecule has 0 aliphatic heterocycles. The molecule has 1 atom stereocenters. The Kier molecular flexibility index (Phi) is 18.9. The summed E-state index contributed by atoms with van der Waals surface area (Å²) in [7, 11) is 0. The summed E-state index contributed by atoms with van der Waals surface area (Å²) in [6.07, 6.45) is 7.11. The van der Waals surface area contributed by atoms with E-state index in [-0.39, 0.29) is 108 Å². The van der Waals surface area contributed by atoms with Gasteiger partial charge in [0.15, 0.2) is 0 Å². The number of nitrogens with zero attached hydrogens (tertiary/aromatic N) is 1. The number of alkyl carbamates (subject to hydrolysis) is 1. The molecule has 1 unspecified atom stereocenters. The van der Waals surface area contributed by atoms with E-state index in [1.807, 2.05) is 24.3 Å². The first-order valence-electron chi connectivity index (χ1n) is 12.7. The van der Waals surface area contributed by atoms with Gasteiger partial charge in [0.2, 0.25) is 0 Å². The minimum Gasteiger partial charge on any atom is -0.648 e. The number of carbonyl (C=O) groups is 5. The van der Waals surface area contributed by atoms with Crippen LogP contribution in [0.4, 0.5) is 4.79 Å². The Labute approximate surface area is 268 Å². The van der Waals surface area contributed by atoms with Gasteiger partial charge in [0, 0.05) is 32.2 Å². The van der Waals surface area contributed by atoms with E-state index in [4.69, 9.17) is 9.47 Å². The number of unbranched alkanes of at least 4 members (excludes halogenated alkanes) is 3. The number of hydrogen-bond acceptors (Lipinski definition) is 7. The Hall–Kier alpha value is -1.26. The van der Waals surface area contributed by atoms with Crippen molar-refractivity contribution in [2.24, 2.45) is 5.92 Å². The molecule has 0 bridgehead atoms. The average Bonchev–Trinajstić information content (AvgIpc) is 2.88. The molecular formula is C27H37N2O7Rb. The van der Waals surface area contributed by atoms with Crippen molar-refractivity contribution < 1.29 is 91.6 Å². The van der Waals surface area contributed by atoms with Crippen molar-refractivity contribution in [3.63, 3.8) is 0 Å². The van der Waals surface area contributed by atoms with Crippen molar-refractivity contribution in [2.45, 2.75) is 70.8 Å². The van der Waals surface area contributed by atoms with Crippen LogP contribution in [-0.2, 0) is 41.6 Å². The molecule has 0 heterocycles. The van der Waals surface area contributed by atoms with Gasteiger partial charge < -0.3 is 29.7 Å². The van der Waals surface area contributed by atoms with Gasteiger partial charge in [-0.05, 0) is 31.2 Å². The minimum atomic E-state index is -0.491. The Bertz CT molecular complexity index is 861. The fraction of sp³-hybridized carbons (Fsp3) is 0.593. The van der Waals surface area contributed by atoms with E-state index in [0.717, 1.165) is 49.5 Å². The molecule has 9 nitrogen and oxygen atoms in total. The van der Waals surface area contributed by atoms with Crippen molar-refractivity contribution in [3.8, 4) is 0 Å². The van der Waals surface area contributed by atoms with Gasteiger partial charge in [0.1, 0.15) is 17.9 Å². The smallest absolute Gasteiger partial charge is 0.648 e. The summed E-state index contributed by atoms with van der Waals surface area (Å²) in [6, 6.07) is 7.33. The molecule has 1 aliphatic carbocycles. The number of ether oxygens (including phenoxy) is 2. The SMILES string of the molecule is O=CCCCCCNC(=O)OCCCOCC(=O)[N-]Cc1ccc(CC(=O)C2CCCCC2=O)cc1.[Rb+]. The van der Waals surface area contributed by atoms with Gasteiger partial charge in [-0.1, -0.05) is 42.7 Å². The normalized spacial score (nSPS) is 14.8. The third-order valence-electron chi connectivity index (χ3n) is 5.94. The van der Waals surface area contributed by atoms with E-state index in [1.165, 1.54) is 0 Å². The molecule has 1 N–H and O–H groups in total. The molecule has 1 aliphatic rings. The molecule has 2 amide bonds. The molecule has 1 saturated carbocycles. The molecule has 37 heavy (non-hydrogen) atoms. The van der Waals surface area contributed by atoms with Crippen molar-refractivity contribution in [1.29, 1.82) is 0 Å². The second-order valence-corrected chi connectivity index (χ2v) is 8.92. The van der Waals surface area contributed by atoms with Crippen LogP contribution in [0.1, 0.15) is 68.9 Å². The number of carbonyl (C=O) groups excluding carboxylic acids is 5. The van der Waals surface area contributed by atoms with Crippen LogP contribution in [0.2, 0.25) is 0 Å². The van der Waals surface area contributed by atoms with Crippen LogP contribution in [0.25, 0.3) is 5.32 Å². The van der Waals surface area contributed by atoms with E-state index < -0.39 is 12.0 Å². The maximum atomic E-state index is 12.4. The molecular weight excluding hydrogens is 550 g/mol. The Morgan fingerprint density at radius 2 is 1.76 bits per heavy atom. The molecule has 0 aromatic heterocycles. The maximum absolute atomic E-state index is 12.4. The van der Waals surface area contributed by atoms with Crippen molar-refractivity contribution in [1.82, 2.24) is 5.32 Å². The molecule has 0 saturated heterocycles. The van der Waals surface area contributed by atoms with Gasteiger partial charge in [-0.2, -0.15) is 0 Å². The molecule has 0 radical (unpaired) electrons. The van der Waals surface area contributed by atoms with Gasteiger partial charge in [0.25, 0.3) is 0 Å². The first kappa shape index (κ1) is 33.8. The second kappa shape index (κ2) is 20.7. The van der Waals surface area contributed by atoms with E-state index in [1.54, 1.807) is 0 Å². The number of benzene rings is 1. The quantitative estimate of drug-likeness (QED) is 0.163. The van der Waals surface area contributed by atoms with Gasteiger partial charge in [-0.3, -0.25) is 9.59 Å². The van der Waals surface area contributed by atoms with Crippen LogP contribution in [0.15, 0.2) is 24.3 Å². The number of nitrogens with one attached hydrogen (secondary N) is 1. The number of rotatable bonds is 17. The van der Waals surface area contributed by atoms with Crippen LogP contribution in [0.3, 0.4) is 0 Å². The van der Waals surface area contributed by atoms with Crippen LogP contribution in [0.5, 0.6) is 0 Å². The second-order valence-electron chi connectivity index (χ2n) is 8.92. The predicted octanol–water partition coefficient (Wildman–Crippen LogP) is 0.854. The standard InChI is InChI=1S/C27H38N2O7.Rb/c30-15-6-2-1-5-14-28-27(34)36-17-7-16-35-20-26(33)29-19-22-12-10-21(11-13-22)18-25(32)23-8-3-4-9-24(23)31;/h10-13,15,23H,1-9,14,16-20H2,(H2,28,29,33,34);/q;+1/p-1. The van der Waals surface area contributed by atoms with Crippen molar-refractivity contribution >= 4 is 29.9 Å². The number of amides is 2. The zero-order chi connectivity index (χ0) is 26.0. The Morgan fingerprint density at radius 3 is 2.49 bits per heavy atom. The van der Waals surface area contributed by atoms with Gasteiger partial charge in [0.05, 0.1) is 31.6 Å². The molecule has 1 aromatic carbocycles. The summed E-state index contributed by atoms with van der Waals surface area (Å²) in [4.78, 5) is 58.0. The van der Waals surface area contributed by atoms with Crippen molar-refractivity contribution in [2.75, 3.05) is 26.4 Å². The number of aldehydes is 1. The topological polar surface area (TPSA) is 130 Å². The molecule has 0 spiro atoms. The van der Waals surface area contributed by atoms with E-state index >= 15 is 0 Å². The monoisotopic (exact) mass is 586 g/mol. The Balaban J connectivity index is 0.00000684. The van der Waals surface area contributed by atoms with Crippen LogP contribution >= 0.6 is 0 Å². The summed E-state index contributed by atoms with van der Waals surface area (Å²) in [6.45, 7) is 1.04. The minimum absolute atomic E-state index is 0. The fourth-order valence-electron chi connectivity index (χ4n) is 3.89. The molecule has 10 heteroatoms. The summed E-state index contributed by atoms with van der Waals surface area (Å²) in [5.74, 6) is -0.781. The molecule has 1 fully saturated rings. The largest absolute Gasteiger partial charge is 1.00 e. The first-order valence-corrected chi connectivity index (χ1v) is 12.7. The predicted molar refractivity (Wildman–Crippen MR) is 134 cm³/mol. The van der Waals surface area contributed by atoms with Gasteiger partial charge in [-0.25, -0.2) is 4.79 Å². The first-order chi connectivity index (χ1) is 17.5. The van der Waals surface area contributed by atoms with Crippen LogP contribution in [-0.4, -0.2) is 56.2 Å². The molecule has 2 rings (SSSR count). The third-order valence-corrected chi connectivity index (χ3v) is 5.94. The molecule has 198 valence electrons. The van der Waals surface area contributed by atoms with Crippen LogP contribution < -0.4 is 63.5 Å². The summed E-state index contributed by atoms with van der Waals surface area (Å²) < 4.78 is 10.3. The van der Waals surface area contributed by atoms with Gasteiger partial charge >= 0.3 is 64.3 Å². The third kappa shape index (κ3) is 15.0. The number of hydrogen-bond donors (Lipinski definition) is 1.